The second-order valence-electron chi connectivity index (χ2n) is 3.94. The van der Waals surface area contributed by atoms with E-state index >= 15 is 0 Å². The first-order valence-corrected chi connectivity index (χ1v) is 5.56. The standard InChI is InChI=1S/C13H17N3O/c1-14-8-11-9-16(2)15-13(11)10-4-6-12(17-3)7-5-10/h4-7,9,14H,8H2,1-3H3. The predicted molar refractivity (Wildman–Crippen MR) is 68.0 cm³/mol. The number of rotatable bonds is 4. The summed E-state index contributed by atoms with van der Waals surface area (Å²) in [4.78, 5) is 0. The van der Waals surface area contributed by atoms with Crippen LogP contribution in [0.1, 0.15) is 5.56 Å². The molecule has 0 saturated carbocycles. The van der Waals surface area contributed by atoms with Gasteiger partial charge < -0.3 is 10.1 Å². The highest BCUT2D eigenvalue weighted by Gasteiger charge is 2.09. The quantitative estimate of drug-likeness (QED) is 0.872. The monoisotopic (exact) mass is 231 g/mol. The zero-order valence-electron chi connectivity index (χ0n) is 10.4. The Morgan fingerprint density at radius 3 is 2.59 bits per heavy atom. The number of aromatic nitrogens is 2. The maximum atomic E-state index is 5.15. The van der Waals surface area contributed by atoms with E-state index in [4.69, 9.17) is 4.74 Å². The summed E-state index contributed by atoms with van der Waals surface area (Å²) in [6.45, 7) is 0.815. The van der Waals surface area contributed by atoms with E-state index in [0.717, 1.165) is 23.6 Å². The third-order valence-corrected chi connectivity index (χ3v) is 2.64. The molecule has 90 valence electrons. The second kappa shape index (κ2) is 5.01. The summed E-state index contributed by atoms with van der Waals surface area (Å²) in [6, 6.07) is 7.96. The fourth-order valence-corrected chi connectivity index (χ4v) is 1.85. The summed E-state index contributed by atoms with van der Waals surface area (Å²) in [6.07, 6.45) is 2.04. The number of benzene rings is 1. The van der Waals surface area contributed by atoms with E-state index in [2.05, 4.69) is 10.4 Å². The Labute approximate surface area is 101 Å². The van der Waals surface area contributed by atoms with E-state index in [-0.39, 0.29) is 0 Å². The van der Waals surface area contributed by atoms with Gasteiger partial charge in [-0.3, -0.25) is 4.68 Å². The summed E-state index contributed by atoms with van der Waals surface area (Å²) in [5.41, 5.74) is 3.32. The van der Waals surface area contributed by atoms with Crippen LogP contribution >= 0.6 is 0 Å². The predicted octanol–water partition coefficient (Wildman–Crippen LogP) is 1.82. The smallest absolute Gasteiger partial charge is 0.118 e. The Bertz CT molecular complexity index is 488. The average Bonchev–Trinajstić information content (AvgIpc) is 2.71. The molecule has 1 aromatic carbocycles. The molecule has 0 amide bonds. The molecule has 0 spiro atoms. The molecule has 1 aromatic heterocycles. The van der Waals surface area contributed by atoms with Crippen LogP contribution in [-0.4, -0.2) is 23.9 Å². The van der Waals surface area contributed by atoms with E-state index in [1.807, 2.05) is 49.2 Å². The molecule has 0 saturated heterocycles. The number of nitrogens with zero attached hydrogens (tertiary/aromatic N) is 2. The maximum Gasteiger partial charge on any atom is 0.118 e. The van der Waals surface area contributed by atoms with Gasteiger partial charge in [-0.05, 0) is 31.3 Å². The van der Waals surface area contributed by atoms with Gasteiger partial charge in [0.25, 0.3) is 0 Å². The van der Waals surface area contributed by atoms with Gasteiger partial charge in [-0.15, -0.1) is 0 Å². The van der Waals surface area contributed by atoms with Crippen LogP contribution in [0.25, 0.3) is 11.3 Å². The van der Waals surface area contributed by atoms with Crippen LogP contribution in [0, 0.1) is 0 Å². The molecule has 0 fully saturated rings. The second-order valence-corrected chi connectivity index (χ2v) is 3.94. The van der Waals surface area contributed by atoms with Crippen molar-refractivity contribution in [2.75, 3.05) is 14.2 Å². The SMILES string of the molecule is CNCc1cn(C)nc1-c1ccc(OC)cc1. The molecule has 4 heteroatoms. The molecule has 0 atom stereocenters. The van der Waals surface area contributed by atoms with Crippen LogP contribution in [0.4, 0.5) is 0 Å². The van der Waals surface area contributed by atoms with Gasteiger partial charge in [0.2, 0.25) is 0 Å². The minimum absolute atomic E-state index is 0.815. The van der Waals surface area contributed by atoms with Crippen molar-refractivity contribution in [2.45, 2.75) is 6.54 Å². The van der Waals surface area contributed by atoms with Crippen molar-refractivity contribution in [3.63, 3.8) is 0 Å². The molecular formula is C13H17N3O. The molecule has 0 radical (unpaired) electrons. The minimum atomic E-state index is 0.815. The number of methoxy groups -OCH3 is 1. The van der Waals surface area contributed by atoms with Crippen LogP contribution in [-0.2, 0) is 13.6 Å². The summed E-state index contributed by atoms with van der Waals surface area (Å²) < 4.78 is 6.99. The van der Waals surface area contributed by atoms with Crippen molar-refractivity contribution in [3.05, 3.63) is 36.0 Å². The van der Waals surface area contributed by atoms with Crippen molar-refractivity contribution in [1.82, 2.24) is 15.1 Å². The lowest BCUT2D eigenvalue weighted by molar-refractivity contribution is 0.415. The van der Waals surface area contributed by atoms with Gasteiger partial charge in [0.1, 0.15) is 5.75 Å². The zero-order valence-corrected chi connectivity index (χ0v) is 10.4. The largest absolute Gasteiger partial charge is 0.497 e. The molecule has 17 heavy (non-hydrogen) atoms. The van der Waals surface area contributed by atoms with Crippen molar-refractivity contribution < 1.29 is 4.74 Å². The van der Waals surface area contributed by atoms with E-state index in [1.165, 1.54) is 5.56 Å². The van der Waals surface area contributed by atoms with Gasteiger partial charge in [-0.1, -0.05) is 0 Å². The molecule has 4 nitrogen and oxygen atoms in total. The summed E-state index contributed by atoms with van der Waals surface area (Å²) in [5, 5.41) is 7.64. The van der Waals surface area contributed by atoms with Crippen LogP contribution in [0.3, 0.4) is 0 Å². The maximum absolute atomic E-state index is 5.15. The highest BCUT2D eigenvalue weighted by Crippen LogP contribution is 2.24. The van der Waals surface area contributed by atoms with E-state index in [1.54, 1.807) is 7.11 Å². The number of hydrogen-bond acceptors (Lipinski definition) is 3. The van der Waals surface area contributed by atoms with Crippen molar-refractivity contribution in [2.24, 2.45) is 7.05 Å². The zero-order chi connectivity index (χ0) is 12.3. The van der Waals surface area contributed by atoms with E-state index in [0.29, 0.717) is 0 Å². The first kappa shape index (κ1) is 11.7. The number of nitrogens with one attached hydrogen (secondary N) is 1. The Morgan fingerprint density at radius 2 is 2.00 bits per heavy atom. The lowest BCUT2D eigenvalue weighted by atomic mass is 10.1. The summed E-state index contributed by atoms with van der Waals surface area (Å²) in [5.74, 6) is 0.861. The highest BCUT2D eigenvalue weighted by molar-refractivity contribution is 5.63. The number of ether oxygens (including phenoxy) is 1. The highest BCUT2D eigenvalue weighted by atomic mass is 16.5. The summed E-state index contributed by atoms with van der Waals surface area (Å²) in [7, 11) is 5.54. The van der Waals surface area contributed by atoms with Gasteiger partial charge in [0.15, 0.2) is 0 Å². The Morgan fingerprint density at radius 1 is 1.29 bits per heavy atom. The first-order chi connectivity index (χ1) is 8.24. The van der Waals surface area contributed by atoms with Gasteiger partial charge in [0, 0.05) is 30.9 Å². The lowest BCUT2D eigenvalue weighted by Crippen LogP contribution is -2.05. The minimum Gasteiger partial charge on any atom is -0.497 e. The Kier molecular flexibility index (Phi) is 3.44. The molecule has 1 heterocycles. The fourth-order valence-electron chi connectivity index (χ4n) is 1.85. The van der Waals surface area contributed by atoms with Crippen LogP contribution in [0.2, 0.25) is 0 Å². The number of aryl methyl sites for hydroxylation is 1. The van der Waals surface area contributed by atoms with Crippen LogP contribution in [0.15, 0.2) is 30.5 Å². The molecular weight excluding hydrogens is 214 g/mol. The number of hydrogen-bond donors (Lipinski definition) is 1. The molecule has 1 N–H and O–H groups in total. The van der Waals surface area contributed by atoms with Crippen LogP contribution in [0.5, 0.6) is 5.75 Å². The molecule has 2 rings (SSSR count). The third-order valence-electron chi connectivity index (χ3n) is 2.64. The van der Waals surface area contributed by atoms with Gasteiger partial charge >= 0.3 is 0 Å². The average molecular weight is 231 g/mol. The summed E-state index contributed by atoms with van der Waals surface area (Å²) >= 11 is 0. The van der Waals surface area contributed by atoms with Crippen LogP contribution < -0.4 is 10.1 Å². The molecule has 0 aliphatic heterocycles. The first-order valence-electron chi connectivity index (χ1n) is 5.56. The lowest BCUT2D eigenvalue weighted by Gasteiger charge is -2.03. The Hall–Kier alpha value is -1.81. The van der Waals surface area contributed by atoms with E-state index < -0.39 is 0 Å². The third kappa shape index (κ3) is 2.47. The molecule has 0 aliphatic carbocycles. The normalized spacial score (nSPS) is 10.5. The molecule has 0 unspecified atom stereocenters. The fraction of sp³-hybridized carbons (Fsp3) is 0.308. The Balaban J connectivity index is 2.37. The van der Waals surface area contributed by atoms with Gasteiger partial charge in [-0.25, -0.2) is 0 Å². The van der Waals surface area contributed by atoms with Gasteiger partial charge in [-0.2, -0.15) is 5.10 Å². The molecule has 0 bridgehead atoms. The van der Waals surface area contributed by atoms with Crippen molar-refractivity contribution >= 4 is 0 Å². The molecule has 2 aromatic rings. The van der Waals surface area contributed by atoms with Gasteiger partial charge in [0.05, 0.1) is 12.8 Å². The van der Waals surface area contributed by atoms with Crippen molar-refractivity contribution in [3.8, 4) is 17.0 Å². The van der Waals surface area contributed by atoms with E-state index in [9.17, 15) is 0 Å². The topological polar surface area (TPSA) is 39.1 Å². The van der Waals surface area contributed by atoms with Crippen molar-refractivity contribution in [1.29, 1.82) is 0 Å². The molecule has 0 aliphatic rings.